The highest BCUT2D eigenvalue weighted by Crippen LogP contribution is 2.34. The summed E-state index contributed by atoms with van der Waals surface area (Å²) in [5.41, 5.74) is 10.3. The molecule has 4 rings (SSSR count). The van der Waals surface area contributed by atoms with Crippen LogP contribution in [0.3, 0.4) is 0 Å². The van der Waals surface area contributed by atoms with E-state index >= 15 is 0 Å². The standard InChI is InChI=1S/C21H31N7/c1-5-23-13-16-25-18-17-14(24-20(22)19(18)26-16)7-6-8-15(17)27-9-11-28(12-10-27)21(2,3)4/h6-8,23H,5,9-13H2,1-4H3,(H2,22,24)(H,25,26). The van der Waals surface area contributed by atoms with Crippen LogP contribution in [0.5, 0.6) is 0 Å². The van der Waals surface area contributed by atoms with E-state index in [0.717, 1.165) is 60.5 Å². The van der Waals surface area contributed by atoms with Crippen LogP contribution in [0, 0.1) is 0 Å². The summed E-state index contributed by atoms with van der Waals surface area (Å²) in [5.74, 6) is 1.38. The van der Waals surface area contributed by atoms with Crippen LogP contribution in [-0.4, -0.2) is 58.1 Å². The van der Waals surface area contributed by atoms with Gasteiger partial charge >= 0.3 is 0 Å². The Bertz CT molecular complexity index is 978. The lowest BCUT2D eigenvalue weighted by atomic mass is 10.0. The van der Waals surface area contributed by atoms with Crippen molar-refractivity contribution in [1.82, 2.24) is 25.2 Å². The fourth-order valence-corrected chi connectivity index (χ4v) is 4.06. The molecule has 0 saturated carbocycles. The smallest absolute Gasteiger partial charge is 0.152 e. The molecule has 7 nitrogen and oxygen atoms in total. The number of H-pyrrole nitrogens is 1. The number of fused-ring (bicyclic) bond motifs is 3. The number of hydrogen-bond donors (Lipinski definition) is 3. The number of imidazole rings is 1. The minimum atomic E-state index is 0.207. The molecule has 150 valence electrons. The average Bonchev–Trinajstić information content (AvgIpc) is 3.10. The largest absolute Gasteiger partial charge is 0.382 e. The molecule has 1 aliphatic rings. The molecule has 7 heteroatoms. The van der Waals surface area contributed by atoms with E-state index < -0.39 is 0 Å². The predicted octanol–water partition coefficient (Wildman–Crippen LogP) is 2.72. The third kappa shape index (κ3) is 3.40. The Labute approximate surface area is 166 Å². The number of anilines is 2. The summed E-state index contributed by atoms with van der Waals surface area (Å²) >= 11 is 0. The fraction of sp³-hybridized carbons (Fsp3) is 0.524. The van der Waals surface area contributed by atoms with Crippen molar-refractivity contribution in [3.8, 4) is 0 Å². The zero-order valence-corrected chi connectivity index (χ0v) is 17.3. The molecular formula is C21H31N7. The van der Waals surface area contributed by atoms with Gasteiger partial charge in [0.2, 0.25) is 0 Å². The number of aromatic amines is 1. The number of benzene rings is 1. The summed E-state index contributed by atoms with van der Waals surface area (Å²) in [6.45, 7) is 14.6. The predicted molar refractivity (Wildman–Crippen MR) is 117 cm³/mol. The van der Waals surface area contributed by atoms with E-state index in [1.807, 2.05) is 6.07 Å². The van der Waals surface area contributed by atoms with Gasteiger partial charge in [0, 0.05) is 42.8 Å². The van der Waals surface area contributed by atoms with Crippen molar-refractivity contribution in [2.75, 3.05) is 43.4 Å². The van der Waals surface area contributed by atoms with Crippen molar-refractivity contribution >= 4 is 33.4 Å². The SMILES string of the molecule is CCNCc1nc2c(N)nc3cccc(N4CCN(C(C)(C)C)CC4)c3c2[nH]1. The van der Waals surface area contributed by atoms with Crippen molar-refractivity contribution in [1.29, 1.82) is 0 Å². The van der Waals surface area contributed by atoms with E-state index in [2.05, 4.69) is 64.9 Å². The van der Waals surface area contributed by atoms with Gasteiger partial charge in [-0.05, 0) is 39.4 Å². The maximum absolute atomic E-state index is 6.22. The Morgan fingerprint density at radius 3 is 2.57 bits per heavy atom. The highest BCUT2D eigenvalue weighted by atomic mass is 15.3. The zero-order valence-electron chi connectivity index (χ0n) is 17.3. The third-order valence-corrected chi connectivity index (χ3v) is 5.62. The molecule has 0 spiro atoms. The summed E-state index contributed by atoms with van der Waals surface area (Å²) in [5, 5.41) is 4.44. The minimum absolute atomic E-state index is 0.207. The van der Waals surface area contributed by atoms with Crippen LogP contribution in [0.2, 0.25) is 0 Å². The van der Waals surface area contributed by atoms with Crippen molar-refractivity contribution in [2.45, 2.75) is 39.8 Å². The van der Waals surface area contributed by atoms with Gasteiger partial charge in [0.15, 0.2) is 5.82 Å². The van der Waals surface area contributed by atoms with Crippen LogP contribution in [0.25, 0.3) is 21.9 Å². The maximum atomic E-state index is 6.22. The van der Waals surface area contributed by atoms with Crippen LogP contribution < -0.4 is 16.0 Å². The first-order valence-corrected chi connectivity index (χ1v) is 10.2. The van der Waals surface area contributed by atoms with E-state index in [4.69, 9.17) is 10.7 Å². The summed E-state index contributed by atoms with van der Waals surface area (Å²) in [6, 6.07) is 6.30. The number of nitrogens with one attached hydrogen (secondary N) is 2. The molecule has 1 aromatic carbocycles. The van der Waals surface area contributed by atoms with Crippen LogP contribution in [0.15, 0.2) is 18.2 Å². The van der Waals surface area contributed by atoms with E-state index in [9.17, 15) is 0 Å². The molecule has 0 atom stereocenters. The molecule has 0 aliphatic carbocycles. The first-order valence-electron chi connectivity index (χ1n) is 10.2. The van der Waals surface area contributed by atoms with Crippen molar-refractivity contribution in [3.63, 3.8) is 0 Å². The summed E-state index contributed by atoms with van der Waals surface area (Å²) in [7, 11) is 0. The lowest BCUT2D eigenvalue weighted by Crippen LogP contribution is -2.53. The lowest BCUT2D eigenvalue weighted by Gasteiger charge is -2.43. The third-order valence-electron chi connectivity index (χ3n) is 5.62. The lowest BCUT2D eigenvalue weighted by molar-refractivity contribution is 0.128. The Hall–Kier alpha value is -2.38. The van der Waals surface area contributed by atoms with E-state index in [1.165, 1.54) is 5.69 Å². The maximum Gasteiger partial charge on any atom is 0.152 e. The number of hydrogen-bond acceptors (Lipinski definition) is 6. The number of nitrogens with two attached hydrogens (primary N) is 1. The monoisotopic (exact) mass is 381 g/mol. The second-order valence-corrected chi connectivity index (χ2v) is 8.50. The van der Waals surface area contributed by atoms with Crippen LogP contribution in [-0.2, 0) is 6.54 Å². The molecule has 0 unspecified atom stereocenters. The number of aromatic nitrogens is 3. The molecule has 0 bridgehead atoms. The van der Waals surface area contributed by atoms with Gasteiger partial charge in [-0.15, -0.1) is 0 Å². The van der Waals surface area contributed by atoms with Gasteiger partial charge in [-0.1, -0.05) is 13.0 Å². The molecule has 1 saturated heterocycles. The van der Waals surface area contributed by atoms with Crippen LogP contribution >= 0.6 is 0 Å². The Morgan fingerprint density at radius 2 is 1.89 bits per heavy atom. The summed E-state index contributed by atoms with van der Waals surface area (Å²) < 4.78 is 0. The Morgan fingerprint density at radius 1 is 1.14 bits per heavy atom. The molecule has 1 fully saturated rings. The number of pyridine rings is 1. The van der Waals surface area contributed by atoms with Gasteiger partial charge in [0.05, 0.1) is 17.6 Å². The van der Waals surface area contributed by atoms with E-state index in [1.54, 1.807) is 0 Å². The highest BCUT2D eigenvalue weighted by Gasteiger charge is 2.27. The van der Waals surface area contributed by atoms with Crippen LogP contribution in [0.4, 0.5) is 11.5 Å². The normalized spacial score (nSPS) is 16.4. The first kappa shape index (κ1) is 19.0. The minimum Gasteiger partial charge on any atom is -0.382 e. The number of piperazine rings is 1. The molecule has 0 radical (unpaired) electrons. The molecule has 1 aliphatic heterocycles. The van der Waals surface area contributed by atoms with Gasteiger partial charge in [-0.25, -0.2) is 9.97 Å². The topological polar surface area (TPSA) is 86.1 Å². The molecule has 28 heavy (non-hydrogen) atoms. The molecular weight excluding hydrogens is 350 g/mol. The van der Waals surface area contributed by atoms with Crippen molar-refractivity contribution in [2.24, 2.45) is 0 Å². The number of rotatable bonds is 4. The fourth-order valence-electron chi connectivity index (χ4n) is 4.06. The Kier molecular flexibility index (Phi) is 4.89. The molecule has 3 aromatic rings. The van der Waals surface area contributed by atoms with Crippen molar-refractivity contribution in [3.05, 3.63) is 24.0 Å². The second kappa shape index (κ2) is 7.22. The molecule has 3 heterocycles. The summed E-state index contributed by atoms with van der Waals surface area (Å²) in [4.78, 5) is 17.9. The number of nitrogens with zero attached hydrogens (tertiary/aromatic N) is 4. The molecule has 0 amide bonds. The molecule has 4 N–H and O–H groups in total. The van der Waals surface area contributed by atoms with E-state index in [-0.39, 0.29) is 5.54 Å². The zero-order chi connectivity index (χ0) is 19.9. The average molecular weight is 382 g/mol. The molecule has 2 aromatic heterocycles. The van der Waals surface area contributed by atoms with Gasteiger partial charge < -0.3 is 20.9 Å². The highest BCUT2D eigenvalue weighted by molar-refractivity contribution is 6.12. The second-order valence-electron chi connectivity index (χ2n) is 8.50. The van der Waals surface area contributed by atoms with Crippen LogP contribution in [0.1, 0.15) is 33.5 Å². The quantitative estimate of drug-likeness (QED) is 0.644. The van der Waals surface area contributed by atoms with Gasteiger partial charge in [0.25, 0.3) is 0 Å². The van der Waals surface area contributed by atoms with Gasteiger partial charge in [-0.2, -0.15) is 0 Å². The van der Waals surface area contributed by atoms with Gasteiger partial charge in [0.1, 0.15) is 11.3 Å². The van der Waals surface area contributed by atoms with Gasteiger partial charge in [-0.3, -0.25) is 4.90 Å². The first-order chi connectivity index (χ1) is 13.4. The Balaban J connectivity index is 1.76. The summed E-state index contributed by atoms with van der Waals surface area (Å²) in [6.07, 6.45) is 0. The van der Waals surface area contributed by atoms with E-state index in [0.29, 0.717) is 12.4 Å². The van der Waals surface area contributed by atoms with Crippen molar-refractivity contribution < 1.29 is 0 Å². The number of nitrogen functional groups attached to an aromatic ring is 1.